The molecule has 0 atom stereocenters. The molecule has 0 unspecified atom stereocenters. The normalized spacial score (nSPS) is 10.5. The summed E-state index contributed by atoms with van der Waals surface area (Å²) in [6, 6.07) is 7.40. The highest BCUT2D eigenvalue weighted by Crippen LogP contribution is 2.27. The van der Waals surface area contributed by atoms with Crippen LogP contribution in [-0.2, 0) is 4.79 Å². The fourth-order valence-electron chi connectivity index (χ4n) is 1.31. The average molecular weight is 282 g/mol. The number of aromatic nitrogens is 2. The quantitative estimate of drug-likeness (QED) is 0.668. The number of nitrogens with zero attached hydrogens (tertiary/aromatic N) is 2. The van der Waals surface area contributed by atoms with E-state index in [2.05, 4.69) is 4.49 Å². The molecule has 18 heavy (non-hydrogen) atoms. The molecule has 0 bridgehead atoms. The molecule has 0 amide bonds. The summed E-state index contributed by atoms with van der Waals surface area (Å²) in [6.45, 7) is 1.96. The maximum Gasteiger partial charge on any atom is 0.313 e. The summed E-state index contributed by atoms with van der Waals surface area (Å²) in [5.74, 6) is -1.35. The molecule has 7 heteroatoms. The Morgan fingerprint density at radius 3 is 2.78 bits per heavy atom. The van der Waals surface area contributed by atoms with E-state index in [4.69, 9.17) is 5.11 Å². The Labute approximate surface area is 112 Å². The van der Waals surface area contributed by atoms with Crippen molar-refractivity contribution in [2.75, 3.05) is 5.75 Å². The molecular weight excluding hydrogens is 272 g/mol. The number of aliphatic carboxylic acids is 1. The maximum absolute atomic E-state index is 12.0. The number of carbonyl (C=O) groups is 1. The zero-order valence-corrected chi connectivity index (χ0v) is 11.1. The lowest BCUT2D eigenvalue weighted by Crippen LogP contribution is -2.35. The number of carboxylic acid groups (broad SMARTS) is 1. The van der Waals surface area contributed by atoms with E-state index in [1.165, 1.54) is 4.68 Å². The largest absolute Gasteiger partial charge is 0.820 e. The fraction of sp³-hybridized carbons (Fsp3) is 0.182. The number of thioether (sulfide) groups is 1. The molecule has 1 aromatic heterocycles. The van der Waals surface area contributed by atoms with Crippen molar-refractivity contribution in [1.82, 2.24) is 4.49 Å². The molecule has 0 aliphatic rings. The van der Waals surface area contributed by atoms with Crippen LogP contribution >= 0.6 is 23.3 Å². The second kappa shape index (κ2) is 5.36. The van der Waals surface area contributed by atoms with Crippen LogP contribution in [0.5, 0.6) is 5.88 Å². The summed E-state index contributed by atoms with van der Waals surface area (Å²) < 4.78 is 5.70. The second-order valence-corrected chi connectivity index (χ2v) is 5.59. The molecule has 0 saturated carbocycles. The van der Waals surface area contributed by atoms with Crippen molar-refractivity contribution >= 4 is 29.3 Å². The first kappa shape index (κ1) is 12.8. The third-order valence-corrected chi connectivity index (χ3v) is 4.17. The first-order valence-electron chi connectivity index (χ1n) is 5.08. The van der Waals surface area contributed by atoms with E-state index in [1.807, 2.05) is 31.2 Å². The topological polar surface area (TPSA) is 77.1 Å². The Morgan fingerprint density at radius 1 is 1.50 bits per heavy atom. The van der Waals surface area contributed by atoms with Gasteiger partial charge in [-0.25, -0.2) is 0 Å². The predicted octanol–water partition coefficient (Wildman–Crippen LogP) is 0.979. The van der Waals surface area contributed by atoms with Crippen LogP contribution in [0.4, 0.5) is 0 Å². The zero-order valence-electron chi connectivity index (χ0n) is 9.49. The Morgan fingerprint density at radius 2 is 2.17 bits per heavy atom. The smallest absolute Gasteiger partial charge is 0.313 e. The van der Waals surface area contributed by atoms with Gasteiger partial charge in [0.2, 0.25) is 11.6 Å². The molecule has 0 aliphatic heterocycles. The molecule has 0 radical (unpaired) electrons. The molecule has 2 rings (SSSR count). The molecule has 94 valence electrons. The van der Waals surface area contributed by atoms with Crippen molar-refractivity contribution in [2.24, 2.45) is 0 Å². The molecule has 0 aliphatic carbocycles. The van der Waals surface area contributed by atoms with Gasteiger partial charge in [0.1, 0.15) is 4.21 Å². The lowest BCUT2D eigenvalue weighted by atomic mass is 10.2. The van der Waals surface area contributed by atoms with Gasteiger partial charge in [-0.2, -0.15) is 0 Å². The molecule has 1 heterocycles. The summed E-state index contributed by atoms with van der Waals surface area (Å²) in [5.41, 5.74) is 1.78. The summed E-state index contributed by atoms with van der Waals surface area (Å²) in [7, 11) is 0. The van der Waals surface area contributed by atoms with E-state index < -0.39 is 5.97 Å². The minimum Gasteiger partial charge on any atom is -0.820 e. The first-order chi connectivity index (χ1) is 8.58. The Balaban J connectivity index is 2.25. The van der Waals surface area contributed by atoms with Gasteiger partial charge in [0, 0.05) is 23.7 Å². The van der Waals surface area contributed by atoms with Crippen molar-refractivity contribution in [1.29, 1.82) is 0 Å². The minimum absolute atomic E-state index is 0.134. The number of hydrogen-bond acceptors (Lipinski definition) is 5. The standard InChI is InChI=1S/C11H10N2O3S2/c1-7-2-4-8(5-3-7)13-10(16)11(18-12-13)17-6-9(14)15/h2-5H,6H2,1H3,(H-,14,15,16). The minimum atomic E-state index is -0.949. The first-order valence-corrected chi connectivity index (χ1v) is 6.84. The van der Waals surface area contributed by atoms with Crippen LogP contribution in [0.2, 0.25) is 0 Å². The van der Waals surface area contributed by atoms with Crippen molar-refractivity contribution in [3.05, 3.63) is 29.8 Å². The number of benzene rings is 1. The van der Waals surface area contributed by atoms with Gasteiger partial charge >= 0.3 is 5.97 Å². The Kier molecular flexibility index (Phi) is 3.83. The van der Waals surface area contributed by atoms with Gasteiger partial charge in [-0.05, 0) is 11.6 Å². The average Bonchev–Trinajstić information content (AvgIpc) is 2.69. The molecule has 1 aromatic carbocycles. The van der Waals surface area contributed by atoms with E-state index in [9.17, 15) is 9.90 Å². The van der Waals surface area contributed by atoms with Crippen molar-refractivity contribution in [3.63, 3.8) is 0 Å². The van der Waals surface area contributed by atoms with Crippen molar-refractivity contribution < 1.29 is 19.7 Å². The molecule has 1 N–H and O–H groups in total. The van der Waals surface area contributed by atoms with E-state index >= 15 is 0 Å². The molecular formula is C11H10N2O3S2. The molecule has 0 fully saturated rings. The van der Waals surface area contributed by atoms with Crippen LogP contribution in [0, 0.1) is 6.92 Å². The molecule has 0 spiro atoms. The summed E-state index contributed by atoms with van der Waals surface area (Å²) in [5, 5.41) is 20.5. The molecule has 2 aromatic rings. The van der Waals surface area contributed by atoms with Crippen molar-refractivity contribution in [2.45, 2.75) is 11.1 Å². The van der Waals surface area contributed by atoms with Crippen LogP contribution < -0.4 is 9.79 Å². The number of rotatable bonds is 4. The third kappa shape index (κ3) is 2.80. The lowest BCUT2D eigenvalue weighted by molar-refractivity contribution is -0.697. The highest BCUT2D eigenvalue weighted by molar-refractivity contribution is 8.01. The zero-order chi connectivity index (χ0) is 13.1. The van der Waals surface area contributed by atoms with E-state index in [1.54, 1.807) is 0 Å². The Bertz CT molecular complexity index is 566. The predicted molar refractivity (Wildman–Crippen MR) is 66.2 cm³/mol. The van der Waals surface area contributed by atoms with Gasteiger partial charge in [-0.15, -0.1) is 0 Å². The Hall–Kier alpha value is -1.60. The highest BCUT2D eigenvalue weighted by Gasteiger charge is 2.17. The van der Waals surface area contributed by atoms with Crippen LogP contribution in [-0.4, -0.2) is 21.3 Å². The van der Waals surface area contributed by atoms with E-state index in [-0.39, 0.29) is 11.6 Å². The van der Waals surface area contributed by atoms with Gasteiger partial charge in [0.05, 0.1) is 10.2 Å². The maximum atomic E-state index is 12.0. The lowest BCUT2D eigenvalue weighted by Gasteiger charge is -2.00. The molecule has 0 saturated heterocycles. The molecule has 5 nitrogen and oxygen atoms in total. The van der Waals surface area contributed by atoms with Crippen LogP contribution in [0.3, 0.4) is 0 Å². The van der Waals surface area contributed by atoms with Gasteiger partial charge in [0.15, 0.2) is 0 Å². The number of hydrogen-bond donors (Lipinski definition) is 1. The van der Waals surface area contributed by atoms with E-state index in [0.29, 0.717) is 9.90 Å². The second-order valence-electron chi connectivity index (χ2n) is 3.60. The van der Waals surface area contributed by atoms with Gasteiger partial charge in [-0.3, -0.25) is 4.79 Å². The van der Waals surface area contributed by atoms with Gasteiger partial charge in [0.25, 0.3) is 0 Å². The van der Waals surface area contributed by atoms with Crippen LogP contribution in [0.15, 0.2) is 28.5 Å². The summed E-state index contributed by atoms with van der Waals surface area (Å²) in [6.07, 6.45) is 0. The number of carboxylic acids is 1. The van der Waals surface area contributed by atoms with Crippen LogP contribution in [0.25, 0.3) is 5.69 Å². The van der Waals surface area contributed by atoms with Crippen LogP contribution in [0.1, 0.15) is 5.56 Å². The van der Waals surface area contributed by atoms with E-state index in [0.717, 1.165) is 28.9 Å². The van der Waals surface area contributed by atoms with Gasteiger partial charge in [-0.1, -0.05) is 29.5 Å². The SMILES string of the molecule is Cc1ccc(-[n+]2nsc(SCC(=O)O)c2[O-])cc1. The number of aryl methyl sites for hydroxylation is 1. The summed E-state index contributed by atoms with van der Waals surface area (Å²) in [4.78, 5) is 10.5. The van der Waals surface area contributed by atoms with Gasteiger partial charge < -0.3 is 10.2 Å². The monoisotopic (exact) mass is 282 g/mol. The third-order valence-electron chi connectivity index (χ3n) is 2.18. The summed E-state index contributed by atoms with van der Waals surface area (Å²) >= 11 is 2.01. The van der Waals surface area contributed by atoms with Crippen molar-refractivity contribution in [3.8, 4) is 11.6 Å². The highest BCUT2D eigenvalue weighted by atomic mass is 32.2. The fourth-order valence-corrected chi connectivity index (χ4v) is 2.75.